The van der Waals surface area contributed by atoms with Gasteiger partial charge in [-0.1, -0.05) is 13.3 Å². The molecule has 0 fully saturated rings. The minimum Gasteiger partial charge on any atom is -0.494 e. The lowest BCUT2D eigenvalue weighted by Crippen LogP contribution is -2.22. The summed E-state index contributed by atoms with van der Waals surface area (Å²) in [4.78, 5) is 12.7. The van der Waals surface area contributed by atoms with Crippen LogP contribution >= 0.6 is 0 Å². The minimum absolute atomic E-state index is 0.0429. The molecule has 1 N–H and O–H groups in total. The number of hydrogen-bond donors (Lipinski definition) is 1. The molecule has 0 amide bonds. The van der Waals surface area contributed by atoms with Crippen LogP contribution in [0.4, 0.5) is 11.4 Å². The largest absolute Gasteiger partial charge is 0.494 e. The standard InChI is InChI=1S/C19H22N4O3/c1-4-6-11-23-18(24)16(12-20)13(3)17(19(23)25)22-21-14-7-9-15(10-8-14)26-5-2/h7-10,24H,4-6,11H2,1-3H3. The second-order valence-corrected chi connectivity index (χ2v) is 5.72. The molecule has 2 aromatic rings. The van der Waals surface area contributed by atoms with Crippen LogP contribution in [-0.2, 0) is 6.54 Å². The van der Waals surface area contributed by atoms with E-state index in [1.807, 2.05) is 19.9 Å². The fourth-order valence-corrected chi connectivity index (χ4v) is 2.46. The van der Waals surface area contributed by atoms with E-state index >= 15 is 0 Å². The van der Waals surface area contributed by atoms with Crippen molar-refractivity contribution in [2.45, 2.75) is 40.2 Å². The van der Waals surface area contributed by atoms with Gasteiger partial charge < -0.3 is 9.84 Å². The van der Waals surface area contributed by atoms with Gasteiger partial charge >= 0.3 is 0 Å². The zero-order valence-corrected chi connectivity index (χ0v) is 15.2. The van der Waals surface area contributed by atoms with E-state index in [9.17, 15) is 15.2 Å². The summed E-state index contributed by atoms with van der Waals surface area (Å²) < 4.78 is 6.55. The predicted molar refractivity (Wildman–Crippen MR) is 98.5 cm³/mol. The zero-order valence-electron chi connectivity index (χ0n) is 15.2. The van der Waals surface area contributed by atoms with Crippen molar-refractivity contribution in [2.24, 2.45) is 10.2 Å². The Morgan fingerprint density at radius 3 is 2.50 bits per heavy atom. The van der Waals surface area contributed by atoms with Crippen LogP contribution in [0.3, 0.4) is 0 Å². The minimum atomic E-state index is -0.456. The third kappa shape index (κ3) is 4.09. The molecule has 0 aliphatic heterocycles. The Morgan fingerprint density at radius 2 is 1.92 bits per heavy atom. The monoisotopic (exact) mass is 354 g/mol. The number of rotatable bonds is 7. The number of nitriles is 1. The quantitative estimate of drug-likeness (QED) is 0.747. The van der Waals surface area contributed by atoms with E-state index in [4.69, 9.17) is 4.74 Å². The summed E-state index contributed by atoms with van der Waals surface area (Å²) in [6.45, 7) is 6.35. The van der Waals surface area contributed by atoms with Gasteiger partial charge in [-0.2, -0.15) is 10.4 Å². The molecule has 1 heterocycles. The summed E-state index contributed by atoms with van der Waals surface area (Å²) in [5, 5.41) is 27.7. The first kappa shape index (κ1) is 19.2. The molecule has 0 radical (unpaired) electrons. The summed E-state index contributed by atoms with van der Waals surface area (Å²) >= 11 is 0. The number of hydrogen-bond acceptors (Lipinski definition) is 6. The van der Waals surface area contributed by atoms with Crippen molar-refractivity contribution >= 4 is 11.4 Å². The van der Waals surface area contributed by atoms with Gasteiger partial charge in [-0.05, 0) is 44.5 Å². The van der Waals surface area contributed by atoms with Crippen LogP contribution in [0.1, 0.15) is 37.8 Å². The summed E-state index contributed by atoms with van der Waals surface area (Å²) in [5.41, 5.74) is 0.518. The first-order chi connectivity index (χ1) is 12.5. The number of aromatic hydroxyl groups is 1. The number of benzene rings is 1. The summed E-state index contributed by atoms with van der Waals surface area (Å²) in [6, 6.07) is 8.93. The number of azo groups is 1. The Labute approximate surface area is 152 Å². The number of unbranched alkanes of at least 4 members (excludes halogenated alkanes) is 1. The number of ether oxygens (including phenoxy) is 1. The van der Waals surface area contributed by atoms with Gasteiger partial charge in [0, 0.05) is 12.1 Å². The predicted octanol–water partition coefficient (Wildman–Crippen LogP) is 4.35. The number of aromatic nitrogens is 1. The molecular formula is C19H22N4O3. The average Bonchev–Trinajstić information content (AvgIpc) is 2.63. The molecule has 136 valence electrons. The molecule has 0 bridgehead atoms. The van der Waals surface area contributed by atoms with Crippen molar-refractivity contribution < 1.29 is 9.84 Å². The highest BCUT2D eigenvalue weighted by Gasteiger charge is 2.18. The van der Waals surface area contributed by atoms with Gasteiger partial charge in [-0.15, -0.1) is 5.11 Å². The molecule has 7 nitrogen and oxygen atoms in total. The van der Waals surface area contributed by atoms with Gasteiger partial charge in [0.1, 0.15) is 17.4 Å². The van der Waals surface area contributed by atoms with E-state index in [1.165, 1.54) is 4.57 Å². The van der Waals surface area contributed by atoms with Crippen molar-refractivity contribution in [1.29, 1.82) is 5.26 Å². The van der Waals surface area contributed by atoms with Gasteiger partial charge in [0.05, 0.1) is 12.3 Å². The molecule has 0 aliphatic carbocycles. The van der Waals surface area contributed by atoms with E-state index in [0.29, 0.717) is 30.8 Å². The maximum absolute atomic E-state index is 12.7. The molecule has 0 saturated carbocycles. The Hall–Kier alpha value is -3.14. The lowest BCUT2D eigenvalue weighted by molar-refractivity contribution is 0.340. The average molecular weight is 354 g/mol. The second kappa shape index (κ2) is 8.81. The van der Waals surface area contributed by atoms with Crippen LogP contribution in [-0.4, -0.2) is 16.3 Å². The highest BCUT2D eigenvalue weighted by molar-refractivity contribution is 5.56. The van der Waals surface area contributed by atoms with Crippen molar-refractivity contribution in [2.75, 3.05) is 6.61 Å². The maximum atomic E-state index is 12.7. The van der Waals surface area contributed by atoms with Gasteiger partial charge in [-0.3, -0.25) is 9.36 Å². The smallest absolute Gasteiger partial charge is 0.281 e. The molecule has 1 aromatic heterocycles. The van der Waals surface area contributed by atoms with Crippen molar-refractivity contribution in [1.82, 2.24) is 4.57 Å². The topological polar surface area (TPSA) is 100.0 Å². The fraction of sp³-hybridized carbons (Fsp3) is 0.368. The Bertz CT molecular complexity index is 893. The van der Waals surface area contributed by atoms with E-state index in [0.717, 1.165) is 12.2 Å². The van der Waals surface area contributed by atoms with Crippen LogP contribution in [0.15, 0.2) is 39.3 Å². The molecule has 0 spiro atoms. The first-order valence-electron chi connectivity index (χ1n) is 8.54. The van der Waals surface area contributed by atoms with Crippen LogP contribution in [0.2, 0.25) is 0 Å². The Kier molecular flexibility index (Phi) is 6.50. The fourth-order valence-electron chi connectivity index (χ4n) is 2.46. The van der Waals surface area contributed by atoms with Crippen LogP contribution in [0.5, 0.6) is 11.6 Å². The van der Waals surface area contributed by atoms with Crippen LogP contribution < -0.4 is 10.3 Å². The van der Waals surface area contributed by atoms with E-state index in [2.05, 4.69) is 10.2 Å². The molecular weight excluding hydrogens is 332 g/mol. The highest BCUT2D eigenvalue weighted by Crippen LogP contribution is 2.27. The zero-order chi connectivity index (χ0) is 19.1. The van der Waals surface area contributed by atoms with Gasteiger partial charge in [-0.25, -0.2) is 0 Å². The molecule has 26 heavy (non-hydrogen) atoms. The number of pyridine rings is 1. The summed E-state index contributed by atoms with van der Waals surface area (Å²) in [5.74, 6) is 0.407. The highest BCUT2D eigenvalue weighted by atomic mass is 16.5. The lowest BCUT2D eigenvalue weighted by Gasteiger charge is -2.12. The molecule has 0 unspecified atom stereocenters. The van der Waals surface area contributed by atoms with E-state index in [-0.39, 0.29) is 17.1 Å². The summed E-state index contributed by atoms with van der Waals surface area (Å²) in [7, 11) is 0. The number of nitrogens with zero attached hydrogens (tertiary/aromatic N) is 4. The lowest BCUT2D eigenvalue weighted by atomic mass is 10.1. The normalized spacial score (nSPS) is 10.8. The Balaban J connectivity index is 2.44. The molecule has 2 rings (SSSR count). The summed E-state index contributed by atoms with van der Waals surface area (Å²) in [6.07, 6.45) is 1.56. The van der Waals surface area contributed by atoms with Gasteiger partial charge in [0.25, 0.3) is 5.56 Å². The Morgan fingerprint density at radius 1 is 1.23 bits per heavy atom. The molecule has 0 saturated heterocycles. The maximum Gasteiger partial charge on any atom is 0.281 e. The van der Waals surface area contributed by atoms with Gasteiger partial charge in [0.2, 0.25) is 5.88 Å². The first-order valence-corrected chi connectivity index (χ1v) is 8.54. The van der Waals surface area contributed by atoms with Crippen molar-refractivity contribution in [3.63, 3.8) is 0 Å². The third-order valence-corrected chi connectivity index (χ3v) is 3.92. The van der Waals surface area contributed by atoms with Crippen molar-refractivity contribution in [3.05, 3.63) is 45.7 Å². The van der Waals surface area contributed by atoms with Crippen LogP contribution in [0, 0.1) is 18.3 Å². The molecule has 0 aliphatic rings. The van der Waals surface area contributed by atoms with Gasteiger partial charge in [0.15, 0.2) is 5.69 Å². The molecule has 1 aromatic carbocycles. The SMILES string of the molecule is CCCCn1c(O)c(C#N)c(C)c(N=Nc2ccc(OCC)cc2)c1=O. The molecule has 0 atom stereocenters. The van der Waals surface area contributed by atoms with E-state index < -0.39 is 5.56 Å². The van der Waals surface area contributed by atoms with E-state index in [1.54, 1.807) is 31.2 Å². The molecule has 7 heteroatoms. The second-order valence-electron chi connectivity index (χ2n) is 5.72. The van der Waals surface area contributed by atoms with Crippen LogP contribution in [0.25, 0.3) is 0 Å². The van der Waals surface area contributed by atoms with Crippen molar-refractivity contribution in [3.8, 4) is 17.7 Å². The third-order valence-electron chi connectivity index (χ3n) is 3.92.